The van der Waals surface area contributed by atoms with E-state index >= 15 is 0 Å². The van der Waals surface area contributed by atoms with Crippen LogP contribution in [0.3, 0.4) is 0 Å². The predicted octanol–water partition coefficient (Wildman–Crippen LogP) is 1.52. The Morgan fingerprint density at radius 1 is 1.22 bits per heavy atom. The number of aromatic nitrogens is 2. The molecule has 3 saturated heterocycles. The average molecular weight is 368 g/mol. The van der Waals surface area contributed by atoms with Crippen LogP contribution in [0.15, 0.2) is 41.6 Å². The van der Waals surface area contributed by atoms with Crippen LogP contribution in [0.5, 0.6) is 5.75 Å². The fourth-order valence-electron chi connectivity index (χ4n) is 4.20. The topological polar surface area (TPSA) is 78.5 Å². The number of ether oxygens (including phenoxy) is 1. The molecule has 1 aromatic heterocycles. The SMILES string of the molecule is COc1ccc(CN2C[C@@H]3CC[C@H](C2)N(C(=O)c2cnc[nH]c2=O)C3)cc1. The highest BCUT2D eigenvalue weighted by Gasteiger charge is 2.38. The monoisotopic (exact) mass is 368 g/mol. The number of fused-ring (bicyclic) bond motifs is 4. The number of amides is 1. The minimum absolute atomic E-state index is 0.131. The van der Waals surface area contributed by atoms with Crippen molar-refractivity contribution in [3.05, 3.63) is 58.3 Å². The minimum atomic E-state index is -0.370. The van der Waals surface area contributed by atoms with Crippen molar-refractivity contribution in [2.45, 2.75) is 25.4 Å². The second-order valence-electron chi connectivity index (χ2n) is 7.39. The van der Waals surface area contributed by atoms with E-state index in [9.17, 15) is 9.59 Å². The summed E-state index contributed by atoms with van der Waals surface area (Å²) < 4.78 is 5.22. The van der Waals surface area contributed by atoms with Gasteiger partial charge in [0.1, 0.15) is 11.3 Å². The van der Waals surface area contributed by atoms with Gasteiger partial charge < -0.3 is 14.6 Å². The van der Waals surface area contributed by atoms with E-state index in [0.29, 0.717) is 12.5 Å². The van der Waals surface area contributed by atoms with Crippen molar-refractivity contribution in [3.8, 4) is 5.75 Å². The largest absolute Gasteiger partial charge is 0.497 e. The van der Waals surface area contributed by atoms with Gasteiger partial charge in [-0.25, -0.2) is 4.98 Å². The Labute approximate surface area is 158 Å². The van der Waals surface area contributed by atoms with E-state index < -0.39 is 0 Å². The molecule has 2 atom stereocenters. The molecule has 2 aromatic rings. The van der Waals surface area contributed by atoms with Crippen LogP contribution in [0, 0.1) is 5.92 Å². The number of carbonyl (C=O) groups is 1. The van der Waals surface area contributed by atoms with Crippen LogP contribution in [0.2, 0.25) is 0 Å². The summed E-state index contributed by atoms with van der Waals surface area (Å²) in [6.07, 6.45) is 4.78. The van der Waals surface area contributed by atoms with Crippen LogP contribution in [0.1, 0.15) is 28.8 Å². The van der Waals surface area contributed by atoms with E-state index in [4.69, 9.17) is 4.74 Å². The molecule has 2 bridgehead atoms. The average Bonchev–Trinajstić information content (AvgIpc) is 2.99. The molecule has 7 heteroatoms. The van der Waals surface area contributed by atoms with Gasteiger partial charge in [0, 0.05) is 38.4 Å². The molecule has 0 saturated carbocycles. The predicted molar refractivity (Wildman–Crippen MR) is 101 cm³/mol. The van der Waals surface area contributed by atoms with Gasteiger partial charge in [-0.05, 0) is 36.5 Å². The summed E-state index contributed by atoms with van der Waals surface area (Å²) in [7, 11) is 1.67. The highest BCUT2D eigenvalue weighted by Crippen LogP contribution is 2.29. The van der Waals surface area contributed by atoms with Crippen molar-refractivity contribution in [1.82, 2.24) is 19.8 Å². The number of nitrogens with zero attached hydrogens (tertiary/aromatic N) is 3. The Kier molecular flexibility index (Phi) is 4.94. The summed E-state index contributed by atoms with van der Waals surface area (Å²) in [6.45, 7) is 3.35. The molecular weight excluding hydrogens is 344 g/mol. The highest BCUT2D eigenvalue weighted by atomic mass is 16.5. The summed E-state index contributed by atoms with van der Waals surface area (Å²) in [5.41, 5.74) is 0.996. The Balaban J connectivity index is 1.49. The lowest BCUT2D eigenvalue weighted by atomic mass is 9.94. The number of piperidine rings is 1. The molecule has 7 nitrogen and oxygen atoms in total. The van der Waals surface area contributed by atoms with Gasteiger partial charge in [-0.15, -0.1) is 0 Å². The first-order valence-corrected chi connectivity index (χ1v) is 9.33. The number of rotatable bonds is 4. The van der Waals surface area contributed by atoms with Gasteiger partial charge in [0.05, 0.1) is 13.4 Å². The lowest BCUT2D eigenvalue weighted by molar-refractivity contribution is 0.0582. The fourth-order valence-corrected chi connectivity index (χ4v) is 4.20. The van der Waals surface area contributed by atoms with Crippen molar-refractivity contribution >= 4 is 5.91 Å². The standard InChI is InChI=1S/C20H24N4O3/c1-27-17-6-3-14(4-7-17)9-23-10-15-2-5-16(12-23)24(11-15)20(26)18-8-21-13-22-19(18)25/h3-4,6-8,13,15-16H,2,5,9-12H2,1H3,(H,21,22,25)/t15-,16+/m0/s1. The molecule has 1 aromatic carbocycles. The Morgan fingerprint density at radius 2 is 2.04 bits per heavy atom. The second-order valence-corrected chi connectivity index (χ2v) is 7.39. The Hall–Kier alpha value is -2.67. The Bertz CT molecular complexity index is 864. The third-order valence-electron chi connectivity index (χ3n) is 5.56. The quantitative estimate of drug-likeness (QED) is 0.885. The molecule has 5 rings (SSSR count). The first-order valence-electron chi connectivity index (χ1n) is 9.33. The lowest BCUT2D eigenvalue weighted by Gasteiger charge is -2.36. The zero-order valence-electron chi connectivity index (χ0n) is 15.4. The van der Waals surface area contributed by atoms with Crippen molar-refractivity contribution in [2.24, 2.45) is 5.92 Å². The smallest absolute Gasteiger partial charge is 0.263 e. The minimum Gasteiger partial charge on any atom is -0.497 e. The molecule has 0 unspecified atom stereocenters. The molecule has 3 aliphatic rings. The van der Waals surface area contributed by atoms with Crippen molar-refractivity contribution in [2.75, 3.05) is 26.7 Å². The number of hydrogen-bond acceptors (Lipinski definition) is 5. The summed E-state index contributed by atoms with van der Waals surface area (Å²) in [4.78, 5) is 35.6. The maximum Gasteiger partial charge on any atom is 0.263 e. The van der Waals surface area contributed by atoms with E-state index in [1.807, 2.05) is 17.0 Å². The molecular formula is C20H24N4O3. The normalized spacial score (nSPS) is 22.5. The molecule has 1 amide bonds. The zero-order chi connectivity index (χ0) is 18.8. The molecule has 3 aliphatic heterocycles. The zero-order valence-corrected chi connectivity index (χ0v) is 15.4. The molecule has 1 N–H and O–H groups in total. The summed E-state index contributed by atoms with van der Waals surface area (Å²) in [5, 5.41) is 0. The second kappa shape index (κ2) is 7.52. The van der Waals surface area contributed by atoms with Crippen LogP contribution in [0.25, 0.3) is 0 Å². The highest BCUT2D eigenvalue weighted by molar-refractivity contribution is 5.93. The Morgan fingerprint density at radius 3 is 2.78 bits per heavy atom. The van der Waals surface area contributed by atoms with E-state index in [1.165, 1.54) is 18.1 Å². The van der Waals surface area contributed by atoms with Crippen LogP contribution in [-0.4, -0.2) is 58.5 Å². The van der Waals surface area contributed by atoms with Crippen molar-refractivity contribution in [3.63, 3.8) is 0 Å². The van der Waals surface area contributed by atoms with E-state index in [1.54, 1.807) is 7.11 Å². The summed E-state index contributed by atoms with van der Waals surface area (Å²) in [5.74, 6) is 1.08. The third-order valence-corrected chi connectivity index (χ3v) is 5.56. The molecule has 3 fully saturated rings. The molecule has 0 aliphatic carbocycles. The number of benzene rings is 1. The van der Waals surface area contributed by atoms with E-state index in [-0.39, 0.29) is 23.1 Å². The maximum atomic E-state index is 12.9. The molecule has 0 spiro atoms. The number of methoxy groups -OCH3 is 1. The first kappa shape index (κ1) is 17.7. The number of nitrogens with one attached hydrogen (secondary N) is 1. The van der Waals surface area contributed by atoms with E-state index in [2.05, 4.69) is 27.0 Å². The third kappa shape index (κ3) is 3.73. The number of aromatic amines is 1. The molecule has 4 heterocycles. The van der Waals surface area contributed by atoms with Gasteiger partial charge in [0.2, 0.25) is 0 Å². The summed E-state index contributed by atoms with van der Waals surface area (Å²) in [6, 6.07) is 8.26. The van der Waals surface area contributed by atoms with E-state index in [0.717, 1.165) is 38.2 Å². The molecule has 142 valence electrons. The number of H-pyrrole nitrogens is 1. The van der Waals surface area contributed by atoms with Gasteiger partial charge in [0.25, 0.3) is 11.5 Å². The first-order chi connectivity index (χ1) is 13.1. The van der Waals surface area contributed by atoms with Gasteiger partial charge in [-0.3, -0.25) is 14.5 Å². The van der Waals surface area contributed by atoms with Crippen LogP contribution >= 0.6 is 0 Å². The summed E-state index contributed by atoms with van der Waals surface area (Å²) >= 11 is 0. The number of carbonyl (C=O) groups excluding carboxylic acids is 1. The molecule has 0 radical (unpaired) electrons. The van der Waals surface area contributed by atoms with Crippen molar-refractivity contribution < 1.29 is 9.53 Å². The maximum absolute atomic E-state index is 12.9. The van der Waals surface area contributed by atoms with Gasteiger partial charge in [-0.2, -0.15) is 0 Å². The van der Waals surface area contributed by atoms with Gasteiger partial charge in [-0.1, -0.05) is 12.1 Å². The van der Waals surface area contributed by atoms with Crippen LogP contribution in [-0.2, 0) is 6.54 Å². The lowest BCUT2D eigenvalue weighted by Crippen LogP contribution is -2.48. The number of hydrogen-bond donors (Lipinski definition) is 1. The van der Waals surface area contributed by atoms with Crippen LogP contribution < -0.4 is 10.3 Å². The van der Waals surface area contributed by atoms with Crippen molar-refractivity contribution in [1.29, 1.82) is 0 Å². The van der Waals surface area contributed by atoms with Gasteiger partial charge >= 0.3 is 0 Å². The molecule has 27 heavy (non-hydrogen) atoms. The van der Waals surface area contributed by atoms with Gasteiger partial charge in [0.15, 0.2) is 0 Å². The van der Waals surface area contributed by atoms with Crippen LogP contribution in [0.4, 0.5) is 0 Å². The fraction of sp³-hybridized carbons (Fsp3) is 0.450.